The minimum Gasteiger partial charge on any atom is -0.481 e. The fourth-order valence-electron chi connectivity index (χ4n) is 2.56. The van der Waals surface area contributed by atoms with E-state index in [1.165, 1.54) is 0 Å². The molecule has 0 bridgehead atoms. The number of amides is 1. The first-order valence-electron chi connectivity index (χ1n) is 6.77. The number of piperazine rings is 1. The summed E-state index contributed by atoms with van der Waals surface area (Å²) in [5.74, 6) is -0.958. The third-order valence-electron chi connectivity index (χ3n) is 3.84. The van der Waals surface area contributed by atoms with Crippen molar-refractivity contribution in [2.45, 2.75) is 25.4 Å². The molecular formula is C15H20N2O3. The van der Waals surface area contributed by atoms with Gasteiger partial charge in [0, 0.05) is 24.7 Å². The number of hydrogen-bond acceptors (Lipinski definition) is 3. The van der Waals surface area contributed by atoms with E-state index in [0.29, 0.717) is 18.7 Å². The van der Waals surface area contributed by atoms with Crippen LogP contribution in [0.25, 0.3) is 0 Å². The summed E-state index contributed by atoms with van der Waals surface area (Å²) in [6.45, 7) is 3.19. The maximum absolute atomic E-state index is 12.6. The highest BCUT2D eigenvalue weighted by Crippen LogP contribution is 2.19. The molecule has 1 fully saturated rings. The van der Waals surface area contributed by atoms with Crippen molar-refractivity contribution < 1.29 is 14.7 Å². The second-order valence-corrected chi connectivity index (χ2v) is 5.36. The lowest BCUT2D eigenvalue weighted by Crippen LogP contribution is -2.58. The molecule has 1 heterocycles. The first-order chi connectivity index (χ1) is 9.49. The number of carbonyl (C=O) groups excluding carboxylic acids is 1. The van der Waals surface area contributed by atoms with Crippen LogP contribution in [0.5, 0.6) is 0 Å². The zero-order valence-electron chi connectivity index (χ0n) is 11.8. The molecule has 1 aromatic rings. The molecule has 0 spiro atoms. The average molecular weight is 276 g/mol. The van der Waals surface area contributed by atoms with Gasteiger partial charge in [-0.15, -0.1) is 0 Å². The molecule has 0 aliphatic carbocycles. The van der Waals surface area contributed by atoms with E-state index in [0.717, 1.165) is 0 Å². The molecule has 1 amide bonds. The summed E-state index contributed by atoms with van der Waals surface area (Å²) in [5.41, 5.74) is 0.611. The van der Waals surface area contributed by atoms with Crippen LogP contribution in [0.3, 0.4) is 0 Å². The van der Waals surface area contributed by atoms with Crippen molar-refractivity contribution in [3.8, 4) is 0 Å². The summed E-state index contributed by atoms with van der Waals surface area (Å²) >= 11 is 0. The second kappa shape index (κ2) is 6.05. The summed E-state index contributed by atoms with van der Waals surface area (Å²) in [5, 5.41) is 9.03. The van der Waals surface area contributed by atoms with E-state index in [-0.39, 0.29) is 24.4 Å². The lowest BCUT2D eigenvalue weighted by atomic mass is 10.0. The minimum absolute atomic E-state index is 0.0182. The molecule has 2 atom stereocenters. The van der Waals surface area contributed by atoms with Crippen molar-refractivity contribution in [3.63, 3.8) is 0 Å². The summed E-state index contributed by atoms with van der Waals surface area (Å²) < 4.78 is 0. The number of benzene rings is 1. The zero-order valence-corrected chi connectivity index (χ0v) is 11.8. The lowest BCUT2D eigenvalue weighted by Gasteiger charge is -2.43. The number of nitrogens with zero attached hydrogens (tertiary/aromatic N) is 2. The maximum atomic E-state index is 12.6. The molecule has 5 nitrogen and oxygen atoms in total. The number of carboxylic acid groups (broad SMARTS) is 1. The first-order valence-corrected chi connectivity index (χ1v) is 6.77. The number of rotatable bonds is 3. The summed E-state index contributed by atoms with van der Waals surface area (Å²) in [4.78, 5) is 27.4. The molecule has 108 valence electrons. The number of aliphatic carboxylic acids is 1. The molecule has 0 aromatic heterocycles. The molecule has 0 saturated carbocycles. The molecule has 5 heteroatoms. The Morgan fingerprint density at radius 2 is 1.90 bits per heavy atom. The Hall–Kier alpha value is -1.88. The van der Waals surface area contributed by atoms with Crippen molar-refractivity contribution >= 4 is 11.9 Å². The standard InChI is InChI=1S/C15H20N2O3/c1-11-9-17(13(8-14(18)19)10-16(11)2)15(20)12-6-4-3-5-7-12/h3-7,11,13H,8-10H2,1-2H3,(H,18,19)/t11-,13-/m0/s1. The molecule has 20 heavy (non-hydrogen) atoms. The molecule has 1 saturated heterocycles. The number of hydrogen-bond donors (Lipinski definition) is 1. The average Bonchev–Trinajstić information content (AvgIpc) is 2.42. The molecule has 1 N–H and O–H groups in total. The van der Waals surface area contributed by atoms with Crippen LogP contribution in [0.15, 0.2) is 30.3 Å². The van der Waals surface area contributed by atoms with Crippen molar-refractivity contribution in [2.24, 2.45) is 0 Å². The van der Waals surface area contributed by atoms with Gasteiger partial charge < -0.3 is 10.0 Å². The summed E-state index contributed by atoms with van der Waals surface area (Å²) in [6.07, 6.45) is -0.0182. The Kier molecular flexibility index (Phi) is 4.39. The van der Waals surface area contributed by atoms with Crippen LogP contribution in [0.4, 0.5) is 0 Å². The van der Waals surface area contributed by atoms with Gasteiger partial charge in [-0.05, 0) is 26.1 Å². The fourth-order valence-corrected chi connectivity index (χ4v) is 2.56. The monoisotopic (exact) mass is 276 g/mol. The van der Waals surface area contributed by atoms with Crippen LogP contribution in [0.1, 0.15) is 23.7 Å². The van der Waals surface area contributed by atoms with Crippen molar-refractivity contribution in [1.82, 2.24) is 9.80 Å². The number of carboxylic acids is 1. The molecule has 1 aliphatic heterocycles. The predicted octanol–water partition coefficient (Wildman–Crippen LogP) is 1.31. The predicted molar refractivity (Wildman–Crippen MR) is 75.6 cm³/mol. The van der Waals surface area contributed by atoms with Gasteiger partial charge in [0.15, 0.2) is 0 Å². The summed E-state index contributed by atoms with van der Waals surface area (Å²) in [7, 11) is 1.96. The third-order valence-corrected chi connectivity index (χ3v) is 3.84. The van der Waals surface area contributed by atoms with Gasteiger partial charge in [-0.3, -0.25) is 14.5 Å². The molecule has 0 unspecified atom stereocenters. The van der Waals surface area contributed by atoms with E-state index in [1.807, 2.05) is 32.2 Å². The van der Waals surface area contributed by atoms with Gasteiger partial charge in [-0.25, -0.2) is 0 Å². The van der Waals surface area contributed by atoms with E-state index in [4.69, 9.17) is 5.11 Å². The Morgan fingerprint density at radius 3 is 2.50 bits per heavy atom. The zero-order chi connectivity index (χ0) is 14.7. The van der Waals surface area contributed by atoms with Crippen LogP contribution in [-0.2, 0) is 4.79 Å². The Bertz CT molecular complexity index is 489. The van der Waals surface area contributed by atoms with Crippen molar-refractivity contribution in [3.05, 3.63) is 35.9 Å². The number of carbonyl (C=O) groups is 2. The SMILES string of the molecule is C[C@H]1CN(C(=O)c2ccccc2)[C@@H](CC(=O)O)CN1C. The van der Waals surface area contributed by atoms with Crippen molar-refractivity contribution in [1.29, 1.82) is 0 Å². The molecule has 0 radical (unpaired) electrons. The molecule has 1 aliphatic rings. The van der Waals surface area contributed by atoms with Crippen molar-refractivity contribution in [2.75, 3.05) is 20.1 Å². The first kappa shape index (κ1) is 14.5. The highest BCUT2D eigenvalue weighted by atomic mass is 16.4. The quantitative estimate of drug-likeness (QED) is 0.904. The highest BCUT2D eigenvalue weighted by molar-refractivity contribution is 5.94. The Morgan fingerprint density at radius 1 is 1.25 bits per heavy atom. The van der Waals surface area contributed by atoms with Gasteiger partial charge in [-0.2, -0.15) is 0 Å². The molecule has 1 aromatic carbocycles. The van der Waals surface area contributed by atoms with Crippen LogP contribution < -0.4 is 0 Å². The minimum atomic E-state index is -0.871. The smallest absolute Gasteiger partial charge is 0.305 e. The lowest BCUT2D eigenvalue weighted by molar-refractivity contribution is -0.138. The van der Waals surface area contributed by atoms with Gasteiger partial charge >= 0.3 is 5.97 Å². The van der Waals surface area contributed by atoms with E-state index >= 15 is 0 Å². The third kappa shape index (κ3) is 3.17. The second-order valence-electron chi connectivity index (χ2n) is 5.36. The number of likely N-dealkylation sites (N-methyl/N-ethyl adjacent to an activating group) is 1. The maximum Gasteiger partial charge on any atom is 0.305 e. The molecule has 2 rings (SSSR count). The van der Waals surface area contributed by atoms with E-state index in [1.54, 1.807) is 17.0 Å². The largest absolute Gasteiger partial charge is 0.481 e. The van der Waals surface area contributed by atoms with E-state index in [9.17, 15) is 9.59 Å². The van der Waals surface area contributed by atoms with Crippen LogP contribution in [-0.4, -0.2) is 59.0 Å². The van der Waals surface area contributed by atoms with Gasteiger partial charge in [0.2, 0.25) is 0 Å². The van der Waals surface area contributed by atoms with Gasteiger partial charge in [-0.1, -0.05) is 18.2 Å². The summed E-state index contributed by atoms with van der Waals surface area (Å²) in [6, 6.07) is 8.98. The van der Waals surface area contributed by atoms with Crippen LogP contribution >= 0.6 is 0 Å². The van der Waals surface area contributed by atoms with Gasteiger partial charge in [0.1, 0.15) is 0 Å². The highest BCUT2D eigenvalue weighted by Gasteiger charge is 2.34. The topological polar surface area (TPSA) is 60.9 Å². The Balaban J connectivity index is 2.21. The molecular weight excluding hydrogens is 256 g/mol. The fraction of sp³-hybridized carbons (Fsp3) is 0.467. The van der Waals surface area contributed by atoms with E-state index < -0.39 is 5.97 Å². The van der Waals surface area contributed by atoms with Crippen LogP contribution in [0.2, 0.25) is 0 Å². The normalized spacial score (nSPS) is 23.6. The van der Waals surface area contributed by atoms with Gasteiger partial charge in [0.25, 0.3) is 5.91 Å². The van der Waals surface area contributed by atoms with Gasteiger partial charge in [0.05, 0.1) is 12.5 Å². The Labute approximate surface area is 118 Å². The van der Waals surface area contributed by atoms with Crippen LogP contribution in [0, 0.1) is 0 Å². The van der Waals surface area contributed by atoms with E-state index in [2.05, 4.69) is 4.90 Å².